The van der Waals surface area contributed by atoms with E-state index in [9.17, 15) is 67.7 Å². The number of primary amides is 1. The van der Waals surface area contributed by atoms with Crippen LogP contribution in [-0.2, 0) is 70.4 Å². The summed E-state index contributed by atoms with van der Waals surface area (Å²) in [7, 11) is 0. The van der Waals surface area contributed by atoms with Crippen LogP contribution in [-0.4, -0.2) is 197 Å². The third kappa shape index (κ3) is 31.9. The Labute approximate surface area is 600 Å². The quantitative estimate of drug-likeness (QED) is 0.0250. The molecule has 2 aliphatic rings. The van der Waals surface area contributed by atoms with Gasteiger partial charge in [-0.3, -0.25) is 62.5 Å². The Balaban J connectivity index is 1.43. The van der Waals surface area contributed by atoms with E-state index in [1.54, 1.807) is 49.1 Å². The van der Waals surface area contributed by atoms with Gasteiger partial charge in [-0.05, 0) is 113 Å². The maximum absolute atomic E-state index is 14.6. The number of hydrogen-bond acceptors (Lipinski definition) is 16. The van der Waals surface area contributed by atoms with Crippen molar-refractivity contribution in [2.75, 3.05) is 45.9 Å². The Morgan fingerprint density at radius 2 is 1.00 bits per heavy atom. The second-order valence-electron chi connectivity index (χ2n) is 27.1. The summed E-state index contributed by atoms with van der Waals surface area (Å²) in [5, 5.41) is 44.2. The van der Waals surface area contributed by atoms with Gasteiger partial charge >= 0.3 is 0 Å². The molecule has 2 aromatic rings. The van der Waals surface area contributed by atoms with Crippen molar-refractivity contribution in [3.63, 3.8) is 0 Å². The smallest absolute Gasteiger partial charge is 0.245 e. The van der Waals surface area contributed by atoms with Gasteiger partial charge in [0.1, 0.15) is 60.1 Å². The van der Waals surface area contributed by atoms with Crippen LogP contribution in [0.4, 0.5) is 0 Å². The van der Waals surface area contributed by atoms with E-state index >= 15 is 0 Å². The predicted molar refractivity (Wildman–Crippen MR) is 385 cm³/mol. The van der Waals surface area contributed by atoms with Gasteiger partial charge in [-0.1, -0.05) is 140 Å². The number of likely N-dealkylation sites (tertiary alicyclic amines) is 2. The number of phenols is 1. The lowest BCUT2D eigenvalue weighted by Gasteiger charge is -2.30. The van der Waals surface area contributed by atoms with Gasteiger partial charge in [-0.25, -0.2) is 0 Å². The van der Waals surface area contributed by atoms with Crippen molar-refractivity contribution in [2.45, 2.75) is 249 Å². The zero-order chi connectivity index (χ0) is 74.9. The largest absolute Gasteiger partial charge is 0.508 e. The van der Waals surface area contributed by atoms with Crippen molar-refractivity contribution in [3.05, 3.63) is 65.7 Å². The fraction of sp³-hybridized carbons (Fsp3) is 0.653. The van der Waals surface area contributed by atoms with E-state index in [0.29, 0.717) is 56.2 Å². The number of hydrogen-bond donors (Lipinski definition) is 15. The summed E-state index contributed by atoms with van der Waals surface area (Å²) in [4.78, 5) is 172. The monoisotopic (exact) mass is 1430 g/mol. The molecule has 0 spiro atoms. The van der Waals surface area contributed by atoms with E-state index in [2.05, 4.69) is 59.8 Å². The van der Waals surface area contributed by atoms with Gasteiger partial charge in [0, 0.05) is 38.9 Å². The molecule has 2 fully saturated rings. The molecule has 2 saturated heterocycles. The van der Waals surface area contributed by atoms with Gasteiger partial charge in [0.05, 0.1) is 19.7 Å². The second-order valence-corrected chi connectivity index (χ2v) is 27.1. The van der Waals surface area contributed by atoms with E-state index in [4.69, 9.17) is 22.9 Å². The molecular formula is C72H116N16O14. The number of nitrogens with two attached hydrogens (primary N) is 4. The molecule has 4 rings (SSSR count). The van der Waals surface area contributed by atoms with Gasteiger partial charge in [-0.15, -0.1) is 0 Å². The lowest BCUT2D eigenvalue weighted by molar-refractivity contribution is -0.142. The zero-order valence-corrected chi connectivity index (χ0v) is 60.2. The Kier molecular flexibility index (Phi) is 39.6. The highest BCUT2D eigenvalue weighted by Gasteiger charge is 2.40. The second kappa shape index (κ2) is 47.3. The molecule has 2 aromatic carbocycles. The molecule has 12 amide bonds. The Bertz CT molecular complexity index is 3030. The van der Waals surface area contributed by atoms with Crippen molar-refractivity contribution >= 4 is 76.8 Å². The Hall–Kier alpha value is -8.93. The van der Waals surface area contributed by atoms with Crippen LogP contribution in [0.15, 0.2) is 59.6 Å². The summed E-state index contributed by atoms with van der Waals surface area (Å²) in [6, 6.07) is 2.76. The topological polar surface area (TPSA) is 476 Å². The predicted octanol–water partition coefficient (Wildman–Crippen LogP) is 0.993. The van der Waals surface area contributed by atoms with Crippen LogP contribution in [0, 0.1) is 5.92 Å². The normalized spacial score (nSPS) is 16.2. The first-order valence-electron chi connectivity index (χ1n) is 36.6. The van der Waals surface area contributed by atoms with Gasteiger partial charge in [-0.2, -0.15) is 0 Å². The van der Waals surface area contributed by atoms with Crippen LogP contribution in [0.25, 0.3) is 0 Å². The number of unbranched alkanes of at least 4 members (excludes halogenated alkanes) is 13. The molecule has 30 heteroatoms. The lowest BCUT2D eigenvalue weighted by Crippen LogP contribution is -2.61. The lowest BCUT2D eigenvalue weighted by atomic mass is 10.00. The molecule has 0 saturated carbocycles. The summed E-state index contributed by atoms with van der Waals surface area (Å²) >= 11 is 0. The standard InChI is InChI=1S/C72H116N16O14/c1-5-6-7-8-9-10-11-12-13-14-15-16-20-32-62(93)87-39-24-30-58(87)69(100)79-45-61(92)81-55(42-49-26-18-17-19-27-49)65(96)80-48(4)63(94)86-57(46-89)68(99)85-56(43-50-33-35-51(90)36-34-50)67(98)82-52(28-21-22-37-73)64(95)84-54(41-47(2)3)66(97)83-53(29-23-38-77-72(75)76)71(102)88-40-25-31-59(88)70(101)78-44-60(74)91/h17-19,26-27,33-36,47-48,52-59,89-90H,5-16,20-25,28-32,37-46,73H2,1-4H3,(H2,74,91)(H,78,101)(H,79,100)(H,80,96)(H,81,92)(H,82,98)(H,83,97)(H,84,95)(H,85,99)(H,86,94)(H4,75,76,77). The van der Waals surface area contributed by atoms with Crippen molar-refractivity contribution in [1.82, 2.24) is 57.7 Å². The van der Waals surface area contributed by atoms with Crippen LogP contribution in [0.3, 0.4) is 0 Å². The fourth-order valence-corrected chi connectivity index (χ4v) is 12.4. The number of aliphatic hydroxyl groups is 1. The van der Waals surface area contributed by atoms with Crippen LogP contribution < -0.4 is 70.8 Å². The third-order valence-electron chi connectivity index (χ3n) is 18.1. The zero-order valence-electron chi connectivity index (χ0n) is 60.2. The summed E-state index contributed by atoms with van der Waals surface area (Å²) in [5.74, 6) is -9.19. The highest BCUT2D eigenvalue weighted by Crippen LogP contribution is 2.23. The fourth-order valence-electron chi connectivity index (χ4n) is 12.4. The Morgan fingerprint density at radius 1 is 0.520 bits per heavy atom. The average Bonchev–Trinajstić information content (AvgIpc) is 1.60. The van der Waals surface area contributed by atoms with Crippen molar-refractivity contribution in [2.24, 2.45) is 33.8 Å². The molecule has 30 nitrogen and oxygen atoms in total. The summed E-state index contributed by atoms with van der Waals surface area (Å²) in [6.07, 6.45) is 18.1. The minimum absolute atomic E-state index is 0.00486. The molecule has 2 heterocycles. The summed E-state index contributed by atoms with van der Waals surface area (Å²) < 4.78 is 0. The molecule has 2 aliphatic heterocycles. The van der Waals surface area contributed by atoms with Gasteiger partial charge in [0.2, 0.25) is 70.9 Å². The highest BCUT2D eigenvalue weighted by molar-refractivity contribution is 5.99. The number of nitrogens with one attached hydrogen (secondary N) is 9. The maximum atomic E-state index is 14.6. The number of nitrogens with zero attached hydrogens (tertiary/aromatic N) is 3. The molecule has 0 aromatic heterocycles. The van der Waals surface area contributed by atoms with Crippen LogP contribution >= 0.6 is 0 Å². The number of phenolic OH excluding ortho intramolecular Hbond substituents is 1. The molecule has 19 N–H and O–H groups in total. The first kappa shape index (κ1) is 85.5. The minimum atomic E-state index is -1.74. The molecule has 0 bridgehead atoms. The molecule has 568 valence electrons. The number of carbonyl (C=O) groups excluding carboxylic acids is 12. The molecule has 102 heavy (non-hydrogen) atoms. The molecule has 9 atom stereocenters. The summed E-state index contributed by atoms with van der Waals surface area (Å²) in [6.45, 7) is 6.03. The third-order valence-corrected chi connectivity index (χ3v) is 18.1. The van der Waals surface area contributed by atoms with Crippen LogP contribution in [0.1, 0.15) is 193 Å². The van der Waals surface area contributed by atoms with E-state index in [1.165, 1.54) is 93.9 Å². The van der Waals surface area contributed by atoms with Gasteiger partial charge < -0.3 is 90.8 Å². The first-order chi connectivity index (χ1) is 48.8. The van der Waals surface area contributed by atoms with Crippen molar-refractivity contribution in [1.29, 1.82) is 0 Å². The van der Waals surface area contributed by atoms with E-state index in [-0.39, 0.29) is 88.1 Å². The molecule has 0 radical (unpaired) electrons. The number of benzene rings is 2. The molecular weight excluding hydrogens is 1310 g/mol. The number of aromatic hydroxyl groups is 1. The van der Waals surface area contributed by atoms with Crippen molar-refractivity contribution < 1.29 is 67.7 Å². The minimum Gasteiger partial charge on any atom is -0.508 e. The highest BCUT2D eigenvalue weighted by atomic mass is 16.3. The maximum Gasteiger partial charge on any atom is 0.245 e. The summed E-state index contributed by atoms with van der Waals surface area (Å²) in [5.41, 5.74) is 23.2. The first-order valence-corrected chi connectivity index (χ1v) is 36.6. The average molecular weight is 1430 g/mol. The SMILES string of the molecule is CCCCCCCCCCCCCCCC(=O)N1CCCC1C(=O)NCC(=O)NC(Cc1ccccc1)C(=O)NC(C)C(=O)NC(CO)C(=O)NC(Cc1ccc(O)cc1)C(=O)NC(CCCCN)C(=O)NC(CC(C)C)C(=O)NC(CCCN=C(N)N)C(=O)N1CCCC1C(=O)NCC(N)=O. The number of guanidine groups is 1. The number of aliphatic imine (C=N–C) groups is 1. The van der Waals surface area contributed by atoms with E-state index in [0.717, 1.165) is 25.7 Å². The van der Waals surface area contributed by atoms with Crippen molar-refractivity contribution in [3.8, 4) is 5.75 Å². The molecule has 9 unspecified atom stereocenters. The Morgan fingerprint density at radius 3 is 1.58 bits per heavy atom. The van der Waals surface area contributed by atoms with Crippen LogP contribution in [0.2, 0.25) is 0 Å². The van der Waals surface area contributed by atoms with Crippen LogP contribution in [0.5, 0.6) is 5.75 Å². The van der Waals surface area contributed by atoms with Gasteiger partial charge in [0.15, 0.2) is 5.96 Å². The number of rotatable bonds is 49. The number of carbonyl (C=O) groups is 12. The van der Waals surface area contributed by atoms with E-state index in [1.807, 2.05) is 0 Å². The number of amides is 12. The van der Waals surface area contributed by atoms with Gasteiger partial charge in [0.25, 0.3) is 0 Å². The molecule has 0 aliphatic carbocycles. The number of aliphatic hydroxyl groups excluding tert-OH is 1. The van der Waals surface area contributed by atoms with E-state index < -0.39 is 139 Å².